The second-order valence-corrected chi connectivity index (χ2v) is 5.84. The van der Waals surface area contributed by atoms with E-state index in [-0.39, 0.29) is 0 Å². The normalized spacial score (nSPS) is 13.2. The van der Waals surface area contributed by atoms with Crippen LogP contribution in [0.5, 0.6) is 0 Å². The Morgan fingerprint density at radius 3 is 2.76 bits per heavy atom. The molecule has 0 bridgehead atoms. The van der Waals surface area contributed by atoms with Crippen LogP contribution in [0.15, 0.2) is 4.52 Å². The van der Waals surface area contributed by atoms with Gasteiger partial charge in [0.05, 0.1) is 5.75 Å². The molecule has 1 aromatic rings. The third kappa shape index (κ3) is 5.55. The average molecular weight is 257 g/mol. The molecule has 0 aliphatic rings. The lowest BCUT2D eigenvalue weighted by molar-refractivity contribution is 0.343. The summed E-state index contributed by atoms with van der Waals surface area (Å²) in [5.74, 6) is 4.15. The summed E-state index contributed by atoms with van der Waals surface area (Å²) in [5, 5.41) is 7.29. The Morgan fingerprint density at radius 2 is 2.18 bits per heavy atom. The Bertz CT molecular complexity index is 314. The number of aromatic nitrogens is 2. The van der Waals surface area contributed by atoms with Crippen molar-refractivity contribution in [3.8, 4) is 0 Å². The molecular weight excluding hydrogens is 234 g/mol. The number of nitrogens with one attached hydrogen (secondary N) is 1. The lowest BCUT2D eigenvalue weighted by atomic mass is 10.0. The molecule has 0 saturated carbocycles. The first-order valence-corrected chi connectivity index (χ1v) is 7.37. The summed E-state index contributed by atoms with van der Waals surface area (Å²) in [6.45, 7) is 6.58. The van der Waals surface area contributed by atoms with Crippen LogP contribution >= 0.6 is 11.8 Å². The Morgan fingerprint density at radius 1 is 1.41 bits per heavy atom. The molecule has 4 nitrogen and oxygen atoms in total. The van der Waals surface area contributed by atoms with Gasteiger partial charge in [0, 0.05) is 12.5 Å². The lowest BCUT2D eigenvalue weighted by Crippen LogP contribution is -2.29. The van der Waals surface area contributed by atoms with E-state index in [1.807, 2.05) is 18.8 Å². The summed E-state index contributed by atoms with van der Waals surface area (Å²) in [6.07, 6.45) is 1.94. The maximum absolute atomic E-state index is 5.26. The van der Waals surface area contributed by atoms with Crippen LogP contribution in [-0.4, -0.2) is 29.0 Å². The van der Waals surface area contributed by atoms with E-state index < -0.39 is 0 Å². The van der Waals surface area contributed by atoms with E-state index in [9.17, 15) is 0 Å². The molecular formula is C12H23N3OS. The molecule has 98 valence electrons. The predicted octanol–water partition coefficient (Wildman–Crippen LogP) is 2.50. The van der Waals surface area contributed by atoms with Crippen LogP contribution in [0.25, 0.3) is 0 Å². The molecule has 5 heteroatoms. The van der Waals surface area contributed by atoms with Gasteiger partial charge in [-0.2, -0.15) is 16.7 Å². The summed E-state index contributed by atoms with van der Waals surface area (Å²) >= 11 is 1.81. The fourth-order valence-corrected chi connectivity index (χ4v) is 2.21. The van der Waals surface area contributed by atoms with Crippen LogP contribution in [0.2, 0.25) is 0 Å². The van der Waals surface area contributed by atoms with Gasteiger partial charge in [-0.25, -0.2) is 0 Å². The molecule has 0 radical (unpaired) electrons. The van der Waals surface area contributed by atoms with E-state index in [2.05, 4.69) is 36.2 Å². The largest absolute Gasteiger partial charge is 0.339 e. The molecule has 1 aromatic heterocycles. The first-order chi connectivity index (χ1) is 8.15. The number of hydrogen-bond acceptors (Lipinski definition) is 5. The van der Waals surface area contributed by atoms with Gasteiger partial charge in [0.25, 0.3) is 0 Å². The van der Waals surface area contributed by atoms with E-state index >= 15 is 0 Å². The molecule has 1 unspecified atom stereocenters. The van der Waals surface area contributed by atoms with Crippen molar-refractivity contribution in [3.05, 3.63) is 11.7 Å². The molecule has 0 aromatic carbocycles. The van der Waals surface area contributed by atoms with E-state index in [4.69, 9.17) is 4.52 Å². The van der Waals surface area contributed by atoms with Crippen molar-refractivity contribution < 1.29 is 4.52 Å². The van der Waals surface area contributed by atoms with E-state index in [0.717, 1.165) is 36.1 Å². The molecule has 0 amide bonds. The fourth-order valence-electron chi connectivity index (χ4n) is 1.71. The van der Waals surface area contributed by atoms with Gasteiger partial charge in [-0.3, -0.25) is 0 Å². The fraction of sp³-hybridized carbons (Fsp3) is 0.833. The molecule has 1 heterocycles. The van der Waals surface area contributed by atoms with E-state index in [1.165, 1.54) is 0 Å². The van der Waals surface area contributed by atoms with Gasteiger partial charge in [-0.1, -0.05) is 25.9 Å². The number of hydrogen-bond donors (Lipinski definition) is 1. The van der Waals surface area contributed by atoms with Crippen molar-refractivity contribution >= 4 is 11.8 Å². The predicted molar refractivity (Wildman–Crippen MR) is 72.1 cm³/mol. The molecule has 0 saturated heterocycles. The van der Waals surface area contributed by atoms with Crippen molar-refractivity contribution in [2.24, 2.45) is 5.92 Å². The highest BCUT2D eigenvalue weighted by molar-refractivity contribution is 7.98. The molecule has 17 heavy (non-hydrogen) atoms. The summed E-state index contributed by atoms with van der Waals surface area (Å²) < 4.78 is 5.26. The SMILES string of the molecule is CCSCc1noc(CC(CC(C)C)NC)n1. The molecule has 1 atom stereocenters. The molecule has 0 spiro atoms. The van der Waals surface area contributed by atoms with Gasteiger partial charge in [0.2, 0.25) is 5.89 Å². The first-order valence-electron chi connectivity index (χ1n) is 6.22. The van der Waals surface area contributed by atoms with Crippen molar-refractivity contribution in [2.45, 2.75) is 45.4 Å². The van der Waals surface area contributed by atoms with Gasteiger partial charge in [-0.15, -0.1) is 0 Å². The zero-order valence-corrected chi connectivity index (χ0v) is 12.0. The molecule has 1 N–H and O–H groups in total. The van der Waals surface area contributed by atoms with Crippen LogP contribution in [-0.2, 0) is 12.2 Å². The minimum atomic E-state index is 0.419. The minimum absolute atomic E-state index is 0.419. The lowest BCUT2D eigenvalue weighted by Gasteiger charge is -2.15. The molecule has 0 aliphatic heterocycles. The third-order valence-corrected chi connectivity index (χ3v) is 3.40. The molecule has 1 rings (SSSR count). The van der Waals surface area contributed by atoms with Crippen LogP contribution in [0.1, 0.15) is 38.9 Å². The number of rotatable bonds is 8. The standard InChI is InChI=1S/C12H23N3OS/c1-5-17-8-11-14-12(16-15-11)7-10(13-4)6-9(2)3/h9-10,13H,5-8H2,1-4H3. The monoisotopic (exact) mass is 257 g/mol. The molecule has 0 aliphatic carbocycles. The van der Waals surface area contributed by atoms with E-state index in [0.29, 0.717) is 12.0 Å². The van der Waals surface area contributed by atoms with Crippen LogP contribution in [0.3, 0.4) is 0 Å². The van der Waals surface area contributed by atoms with Gasteiger partial charge >= 0.3 is 0 Å². The number of nitrogens with zero attached hydrogens (tertiary/aromatic N) is 2. The van der Waals surface area contributed by atoms with Gasteiger partial charge in [0.1, 0.15) is 0 Å². The van der Waals surface area contributed by atoms with Crippen molar-refractivity contribution in [1.82, 2.24) is 15.5 Å². The van der Waals surface area contributed by atoms with E-state index in [1.54, 1.807) is 0 Å². The van der Waals surface area contributed by atoms with Crippen molar-refractivity contribution in [1.29, 1.82) is 0 Å². The zero-order chi connectivity index (χ0) is 12.7. The van der Waals surface area contributed by atoms with Crippen LogP contribution < -0.4 is 5.32 Å². The Hall–Kier alpha value is -0.550. The van der Waals surface area contributed by atoms with Gasteiger partial charge in [-0.05, 0) is 25.1 Å². The second kappa shape index (κ2) is 7.71. The zero-order valence-electron chi connectivity index (χ0n) is 11.2. The summed E-state index contributed by atoms with van der Waals surface area (Å²) in [6, 6.07) is 0.419. The summed E-state index contributed by atoms with van der Waals surface area (Å²) in [7, 11) is 1.98. The summed E-state index contributed by atoms with van der Waals surface area (Å²) in [4.78, 5) is 4.40. The topological polar surface area (TPSA) is 51.0 Å². The quantitative estimate of drug-likeness (QED) is 0.775. The third-order valence-electron chi connectivity index (χ3n) is 2.53. The van der Waals surface area contributed by atoms with Crippen LogP contribution in [0, 0.1) is 5.92 Å². The second-order valence-electron chi connectivity index (χ2n) is 4.56. The smallest absolute Gasteiger partial charge is 0.228 e. The molecule has 0 fully saturated rings. The number of likely N-dealkylation sites (N-methyl/N-ethyl adjacent to an activating group) is 1. The maximum Gasteiger partial charge on any atom is 0.228 e. The number of thioether (sulfide) groups is 1. The van der Waals surface area contributed by atoms with Gasteiger partial charge in [0.15, 0.2) is 5.82 Å². The Labute approximate surface area is 108 Å². The highest BCUT2D eigenvalue weighted by atomic mass is 32.2. The summed E-state index contributed by atoms with van der Waals surface area (Å²) in [5.41, 5.74) is 0. The van der Waals surface area contributed by atoms with Crippen molar-refractivity contribution in [3.63, 3.8) is 0 Å². The Balaban J connectivity index is 2.46. The maximum atomic E-state index is 5.26. The average Bonchev–Trinajstić information content (AvgIpc) is 2.72. The van der Waals surface area contributed by atoms with Crippen molar-refractivity contribution in [2.75, 3.05) is 12.8 Å². The van der Waals surface area contributed by atoms with Crippen LogP contribution in [0.4, 0.5) is 0 Å². The highest BCUT2D eigenvalue weighted by Gasteiger charge is 2.14. The first kappa shape index (κ1) is 14.5. The highest BCUT2D eigenvalue weighted by Crippen LogP contribution is 2.12. The van der Waals surface area contributed by atoms with Gasteiger partial charge < -0.3 is 9.84 Å². The Kier molecular flexibility index (Phi) is 6.58. The minimum Gasteiger partial charge on any atom is -0.339 e.